The van der Waals surface area contributed by atoms with Crippen molar-refractivity contribution in [1.82, 2.24) is 0 Å². The highest BCUT2D eigenvalue weighted by Crippen LogP contribution is 2.55. The Labute approximate surface area is 395 Å². The standard InChI is InChI=1S/C50H63ClO16/c1-23-30(46(55)56)20-27-12-9-7-8-10-13-28-16-17-29-31(50(28,5)49(59)67-45-42(54)40(27)43(23)66-48(45)58)14-11-15-34(29)63-37-21-33(52)44(26(4)62-37)65-38-22-36(41(53)25(3)61-38)64-47(57)39-24(2)32(51)18-19-35(39)60-6/h9,12,16-20,23,25-29,31,33-34,36-38,40-41,43-44,52-54H,7-8,10-11,13-15,21-22H2,1-6H3,(H,55,56). The average Bonchev–Trinajstić information content (AvgIpc) is 3.28. The molecule has 4 heterocycles. The maximum atomic E-state index is 14.8. The van der Waals surface area contributed by atoms with Crippen LogP contribution in [0, 0.1) is 47.8 Å². The fourth-order valence-electron chi connectivity index (χ4n) is 11.6. The second-order valence-electron chi connectivity index (χ2n) is 19.4. The Kier molecular flexibility index (Phi) is 14.7. The molecule has 0 amide bonds. The van der Waals surface area contributed by atoms with Crippen LogP contribution < -0.4 is 4.74 Å². The van der Waals surface area contributed by atoms with Crippen LogP contribution in [0.25, 0.3) is 0 Å². The highest BCUT2D eigenvalue weighted by molar-refractivity contribution is 6.32. The summed E-state index contributed by atoms with van der Waals surface area (Å²) >= 11 is 6.30. The fraction of sp³-hybridized carbons (Fsp3) is 0.640. The Morgan fingerprint density at radius 1 is 0.910 bits per heavy atom. The number of aliphatic hydroxyl groups is 3. The molecule has 3 fully saturated rings. The molecular weight excluding hydrogens is 892 g/mol. The van der Waals surface area contributed by atoms with Crippen molar-refractivity contribution in [2.45, 2.75) is 154 Å². The minimum absolute atomic E-state index is 0.0321. The van der Waals surface area contributed by atoms with Gasteiger partial charge in [-0.25, -0.2) is 14.4 Å². The summed E-state index contributed by atoms with van der Waals surface area (Å²) in [5.74, 6) is -7.23. The van der Waals surface area contributed by atoms with E-state index < -0.39 is 120 Å². The van der Waals surface area contributed by atoms with Gasteiger partial charge in [-0.05, 0) is 89.3 Å². The van der Waals surface area contributed by atoms with E-state index in [0.29, 0.717) is 42.7 Å². The smallest absolute Gasteiger partial charge is 0.378 e. The highest BCUT2D eigenvalue weighted by Gasteiger charge is 2.57. The average molecular weight is 955 g/mol. The predicted octanol–water partition coefficient (Wildman–Crippen LogP) is 6.81. The summed E-state index contributed by atoms with van der Waals surface area (Å²) in [5.41, 5.74) is -0.444. The zero-order valence-electron chi connectivity index (χ0n) is 38.7. The van der Waals surface area contributed by atoms with Gasteiger partial charge in [0.2, 0.25) is 0 Å². The lowest BCUT2D eigenvalue weighted by molar-refractivity contribution is -0.318. The van der Waals surface area contributed by atoms with Crippen LogP contribution in [0.1, 0.15) is 101 Å². The molecular formula is C50H63ClO16. The van der Waals surface area contributed by atoms with Gasteiger partial charge >= 0.3 is 23.9 Å². The van der Waals surface area contributed by atoms with Gasteiger partial charge in [0, 0.05) is 41.2 Å². The first-order valence-corrected chi connectivity index (χ1v) is 24.0. The summed E-state index contributed by atoms with van der Waals surface area (Å²) in [6.45, 7) is 8.58. The van der Waals surface area contributed by atoms with E-state index in [1.54, 1.807) is 45.9 Å². The number of ether oxygens (including phenoxy) is 8. The molecule has 2 saturated heterocycles. The molecule has 16 nitrogen and oxygen atoms in total. The monoisotopic (exact) mass is 954 g/mol. The maximum Gasteiger partial charge on any atom is 0.378 e. The van der Waals surface area contributed by atoms with Crippen molar-refractivity contribution in [3.8, 4) is 5.75 Å². The van der Waals surface area contributed by atoms with Crippen LogP contribution in [0.2, 0.25) is 5.02 Å². The molecule has 17 heteroatoms. The lowest BCUT2D eigenvalue weighted by atomic mass is 9.55. The first-order valence-electron chi connectivity index (χ1n) is 23.6. The van der Waals surface area contributed by atoms with Gasteiger partial charge in [-0.2, -0.15) is 0 Å². The molecule has 1 aromatic rings. The van der Waals surface area contributed by atoms with E-state index in [-0.39, 0.29) is 47.5 Å². The van der Waals surface area contributed by atoms with Gasteiger partial charge in [0.1, 0.15) is 35.7 Å². The second-order valence-corrected chi connectivity index (χ2v) is 19.8. The molecule has 1 aromatic carbocycles. The first-order chi connectivity index (χ1) is 31.9. The van der Waals surface area contributed by atoms with E-state index in [4.69, 9.17) is 49.5 Å². The lowest BCUT2D eigenvalue weighted by Crippen LogP contribution is -2.56. The number of hydrogen-bond acceptors (Lipinski definition) is 15. The number of aliphatic hydroxyl groups excluding tert-OH is 3. The number of esters is 3. The Bertz CT molecular complexity index is 2190. The van der Waals surface area contributed by atoms with Gasteiger partial charge in [-0.15, -0.1) is 0 Å². The Hall–Kier alpha value is -4.29. The predicted molar refractivity (Wildman–Crippen MR) is 238 cm³/mol. The minimum Gasteiger partial charge on any atom is -0.508 e. The molecule has 7 aliphatic rings. The first kappa shape index (κ1) is 49.1. The van der Waals surface area contributed by atoms with Crippen LogP contribution in [0.5, 0.6) is 5.75 Å². The molecule has 17 atom stereocenters. The molecule has 0 spiro atoms. The van der Waals surface area contributed by atoms with E-state index in [1.807, 2.05) is 19.1 Å². The molecule has 2 bridgehead atoms. The van der Waals surface area contributed by atoms with Gasteiger partial charge in [0.25, 0.3) is 5.76 Å². The number of carboxylic acid groups (broad SMARTS) is 1. The van der Waals surface area contributed by atoms with Crippen molar-refractivity contribution in [1.29, 1.82) is 0 Å². The third-order valence-corrected chi connectivity index (χ3v) is 15.9. The maximum absolute atomic E-state index is 14.8. The van der Waals surface area contributed by atoms with Gasteiger partial charge in [0.15, 0.2) is 18.3 Å². The molecule has 1 saturated carbocycles. The number of carbonyl (C=O) groups excluding carboxylic acids is 3. The lowest BCUT2D eigenvalue weighted by Gasteiger charge is -2.51. The number of carbonyl (C=O) groups is 4. The third kappa shape index (κ3) is 9.43. The molecule has 17 unspecified atom stereocenters. The number of carboxylic acids is 1. The van der Waals surface area contributed by atoms with Gasteiger partial charge in [-0.3, -0.25) is 4.79 Å². The number of aliphatic carboxylic acids is 1. The topological polar surface area (TPSA) is 223 Å². The highest BCUT2D eigenvalue weighted by atomic mass is 35.5. The van der Waals surface area contributed by atoms with Crippen molar-refractivity contribution in [3.05, 3.63) is 75.8 Å². The number of allylic oxidation sites excluding steroid dienone is 4. The third-order valence-electron chi connectivity index (χ3n) is 15.5. The second kappa shape index (κ2) is 20.0. The molecule has 0 aromatic heterocycles. The number of methoxy groups -OCH3 is 1. The van der Waals surface area contributed by atoms with Crippen LogP contribution in [-0.4, -0.2) is 113 Å². The number of rotatable bonds is 8. The Morgan fingerprint density at radius 3 is 2.39 bits per heavy atom. The zero-order valence-corrected chi connectivity index (χ0v) is 39.5. The number of hydrogen-bond donors (Lipinski definition) is 4. The molecule has 4 aliphatic heterocycles. The van der Waals surface area contributed by atoms with E-state index in [1.165, 1.54) is 7.11 Å². The molecule has 67 heavy (non-hydrogen) atoms. The summed E-state index contributed by atoms with van der Waals surface area (Å²) in [4.78, 5) is 54.0. The van der Waals surface area contributed by atoms with Gasteiger partial charge < -0.3 is 58.3 Å². The van der Waals surface area contributed by atoms with Crippen molar-refractivity contribution >= 4 is 35.5 Å². The quantitative estimate of drug-likeness (QED) is 0.119. The molecule has 3 aliphatic carbocycles. The fourth-order valence-corrected chi connectivity index (χ4v) is 11.8. The van der Waals surface area contributed by atoms with Gasteiger partial charge in [0.05, 0.1) is 42.9 Å². The summed E-state index contributed by atoms with van der Waals surface area (Å²) in [5, 5.41) is 44.6. The SMILES string of the molecule is COc1ccc(Cl)c(C)c1C(=O)OC1CC(OC2C(O)CC(OC3CCCC4C3C=CC3CCCCC=CC5C=C(C(=O)O)C(C)C6OC(=O)C(=C(O)C56)OC(=O)C34C)OC2C)OC(C)C1O. The largest absolute Gasteiger partial charge is 0.508 e. The van der Waals surface area contributed by atoms with E-state index in [2.05, 4.69) is 12.2 Å². The summed E-state index contributed by atoms with van der Waals surface area (Å²) in [7, 11) is 1.43. The summed E-state index contributed by atoms with van der Waals surface area (Å²) in [6, 6.07) is 3.18. The molecule has 366 valence electrons. The zero-order chi connectivity index (χ0) is 48.1. The van der Waals surface area contributed by atoms with Crippen LogP contribution >= 0.6 is 11.6 Å². The summed E-state index contributed by atoms with van der Waals surface area (Å²) in [6.07, 6.45) is 5.83. The Morgan fingerprint density at radius 2 is 1.66 bits per heavy atom. The normalized spacial score (nSPS) is 40.0. The summed E-state index contributed by atoms with van der Waals surface area (Å²) < 4.78 is 48.3. The van der Waals surface area contributed by atoms with Crippen molar-refractivity contribution in [2.24, 2.45) is 40.9 Å². The van der Waals surface area contributed by atoms with Gasteiger partial charge in [-0.1, -0.05) is 61.7 Å². The van der Waals surface area contributed by atoms with E-state index in [0.717, 1.165) is 12.8 Å². The molecule has 8 rings (SSSR count). The van der Waals surface area contributed by atoms with E-state index in [9.17, 15) is 39.6 Å². The van der Waals surface area contributed by atoms with E-state index >= 15 is 0 Å². The molecule has 0 radical (unpaired) electrons. The molecule has 4 N–H and O–H groups in total. The number of fused-ring (bicyclic) bond motifs is 3. The van der Waals surface area contributed by atoms with Crippen molar-refractivity contribution < 1.29 is 77.5 Å². The van der Waals surface area contributed by atoms with Crippen molar-refractivity contribution in [2.75, 3.05) is 7.11 Å². The van der Waals surface area contributed by atoms with Crippen molar-refractivity contribution in [3.63, 3.8) is 0 Å². The minimum atomic E-state index is -1.17. The number of benzene rings is 1. The Balaban J connectivity index is 0.952. The number of halogens is 1. The van der Waals surface area contributed by atoms with Crippen LogP contribution in [0.3, 0.4) is 0 Å². The van der Waals surface area contributed by atoms with Crippen LogP contribution in [0.15, 0.2) is 59.6 Å². The van der Waals surface area contributed by atoms with Crippen LogP contribution in [0.4, 0.5) is 0 Å². The van der Waals surface area contributed by atoms with Crippen LogP contribution in [-0.2, 0) is 47.5 Å².